The zero-order valence-corrected chi connectivity index (χ0v) is 15.9. The van der Waals surface area contributed by atoms with E-state index in [2.05, 4.69) is 15.6 Å². The smallest absolute Gasteiger partial charge is 0.157 e. The van der Waals surface area contributed by atoms with Gasteiger partial charge in [-0.2, -0.15) is 5.10 Å². The molecule has 0 amide bonds. The summed E-state index contributed by atoms with van der Waals surface area (Å²) in [6.07, 6.45) is 3.12. The summed E-state index contributed by atoms with van der Waals surface area (Å²) in [5.74, 6) is 1.93. The lowest BCUT2D eigenvalue weighted by Gasteiger charge is -2.17. The Labute approximate surface area is 162 Å². The molecule has 1 saturated heterocycles. The molecule has 3 aromatic rings. The summed E-state index contributed by atoms with van der Waals surface area (Å²) in [5, 5.41) is 11.1. The highest BCUT2D eigenvalue weighted by molar-refractivity contribution is 5.63. The molecule has 1 saturated carbocycles. The number of aromatic nitrogens is 4. The molecule has 0 radical (unpaired) electrons. The molecule has 2 aliphatic rings. The number of anilines is 1. The molecule has 28 heavy (non-hydrogen) atoms. The van der Waals surface area contributed by atoms with E-state index in [4.69, 9.17) is 14.8 Å². The van der Waals surface area contributed by atoms with Gasteiger partial charge in [0.05, 0.1) is 25.0 Å². The molecule has 0 aromatic carbocycles. The van der Waals surface area contributed by atoms with Gasteiger partial charge < -0.3 is 15.4 Å². The van der Waals surface area contributed by atoms with E-state index in [1.54, 1.807) is 13.3 Å². The number of aryl methyl sites for hydroxylation is 1. The zero-order valence-electron chi connectivity index (χ0n) is 15.9. The maximum absolute atomic E-state index is 14.0. The average Bonchev–Trinajstić information content (AvgIpc) is 3.35. The number of ether oxygens (including phenoxy) is 1. The molecule has 8 heteroatoms. The van der Waals surface area contributed by atoms with Crippen LogP contribution in [0, 0.1) is 6.92 Å². The molecular weight excluding hydrogens is 359 g/mol. The minimum atomic E-state index is -0.920. The largest absolute Gasteiger partial charge is 0.495 e. The Balaban J connectivity index is 1.54. The van der Waals surface area contributed by atoms with Crippen LogP contribution in [-0.2, 0) is 0 Å². The van der Waals surface area contributed by atoms with Crippen molar-refractivity contribution in [3.05, 3.63) is 35.7 Å². The number of methoxy groups -OCH3 is 1. The molecule has 2 atom stereocenters. The Morgan fingerprint density at radius 2 is 2.14 bits per heavy atom. The predicted octanol–water partition coefficient (Wildman–Crippen LogP) is 2.71. The molecule has 1 aliphatic heterocycles. The highest BCUT2D eigenvalue weighted by Crippen LogP contribution is 2.43. The number of alkyl halides is 1. The SMILES string of the molecule is COc1cc2ncc(-c3ccc(C)c(N[C@@H]4CNC[C@H]4F)n3)n2nc1C1CC1. The van der Waals surface area contributed by atoms with E-state index in [0.29, 0.717) is 24.8 Å². The van der Waals surface area contributed by atoms with E-state index in [9.17, 15) is 4.39 Å². The van der Waals surface area contributed by atoms with Crippen LogP contribution in [0.15, 0.2) is 24.4 Å². The average molecular weight is 382 g/mol. The van der Waals surface area contributed by atoms with Crippen molar-refractivity contribution in [3.63, 3.8) is 0 Å². The first-order valence-electron chi connectivity index (χ1n) is 9.66. The van der Waals surface area contributed by atoms with Crippen molar-refractivity contribution >= 4 is 11.5 Å². The van der Waals surface area contributed by atoms with E-state index >= 15 is 0 Å². The van der Waals surface area contributed by atoms with E-state index in [0.717, 1.165) is 46.9 Å². The van der Waals surface area contributed by atoms with Crippen LogP contribution in [0.2, 0.25) is 0 Å². The maximum atomic E-state index is 14.0. The Bertz CT molecular complexity index is 1030. The lowest BCUT2D eigenvalue weighted by molar-refractivity contribution is 0.342. The van der Waals surface area contributed by atoms with E-state index in [-0.39, 0.29) is 6.04 Å². The molecule has 1 aliphatic carbocycles. The number of nitrogens with zero attached hydrogens (tertiary/aromatic N) is 4. The molecule has 5 rings (SSSR count). The minimum absolute atomic E-state index is 0.271. The van der Waals surface area contributed by atoms with Gasteiger partial charge >= 0.3 is 0 Å². The number of fused-ring (bicyclic) bond motifs is 1. The molecule has 3 aromatic heterocycles. The second-order valence-corrected chi connectivity index (χ2v) is 7.57. The van der Waals surface area contributed by atoms with E-state index < -0.39 is 6.17 Å². The van der Waals surface area contributed by atoms with E-state index in [1.807, 2.05) is 29.6 Å². The topological polar surface area (TPSA) is 76.4 Å². The van der Waals surface area contributed by atoms with Crippen LogP contribution >= 0.6 is 0 Å². The maximum Gasteiger partial charge on any atom is 0.157 e. The molecule has 0 spiro atoms. The van der Waals surface area contributed by atoms with Crippen molar-refractivity contribution in [1.29, 1.82) is 0 Å². The lowest BCUT2D eigenvalue weighted by atomic mass is 10.2. The number of halogens is 1. The normalized spacial score (nSPS) is 22.0. The van der Waals surface area contributed by atoms with Crippen molar-refractivity contribution in [2.24, 2.45) is 0 Å². The zero-order chi connectivity index (χ0) is 19.3. The lowest BCUT2D eigenvalue weighted by Crippen LogP contribution is -2.30. The van der Waals surface area contributed by atoms with Gasteiger partial charge in [-0.05, 0) is 31.4 Å². The second kappa shape index (κ2) is 6.70. The van der Waals surface area contributed by atoms with Crippen LogP contribution in [0.25, 0.3) is 17.0 Å². The van der Waals surface area contributed by atoms with Crippen molar-refractivity contribution in [1.82, 2.24) is 24.9 Å². The van der Waals surface area contributed by atoms with Gasteiger partial charge in [-0.3, -0.25) is 0 Å². The van der Waals surface area contributed by atoms with Gasteiger partial charge in [0, 0.05) is 25.1 Å². The summed E-state index contributed by atoms with van der Waals surface area (Å²) < 4.78 is 21.3. The Hall–Kier alpha value is -2.74. The molecule has 7 nitrogen and oxygen atoms in total. The second-order valence-electron chi connectivity index (χ2n) is 7.57. The third kappa shape index (κ3) is 2.97. The van der Waals surface area contributed by atoms with Crippen molar-refractivity contribution < 1.29 is 9.13 Å². The van der Waals surface area contributed by atoms with E-state index in [1.165, 1.54) is 0 Å². The fourth-order valence-corrected chi connectivity index (χ4v) is 3.67. The van der Waals surface area contributed by atoms with Crippen molar-refractivity contribution in [2.75, 3.05) is 25.5 Å². The third-order valence-electron chi connectivity index (χ3n) is 5.49. The van der Waals surface area contributed by atoms with Gasteiger partial charge in [0.2, 0.25) is 0 Å². The monoisotopic (exact) mass is 382 g/mol. The first-order chi connectivity index (χ1) is 13.6. The van der Waals surface area contributed by atoms with Gasteiger partial charge in [-0.1, -0.05) is 6.07 Å². The van der Waals surface area contributed by atoms with Gasteiger partial charge in [0.25, 0.3) is 0 Å². The molecule has 2 fully saturated rings. The quantitative estimate of drug-likeness (QED) is 0.707. The van der Waals surface area contributed by atoms with Gasteiger partial charge in [0.15, 0.2) is 5.65 Å². The number of pyridine rings is 1. The Kier molecular flexibility index (Phi) is 4.16. The number of hydrogen-bond donors (Lipinski definition) is 2. The molecule has 146 valence electrons. The Morgan fingerprint density at radius 3 is 2.86 bits per heavy atom. The summed E-state index contributed by atoms with van der Waals surface area (Å²) in [7, 11) is 1.67. The number of nitrogens with one attached hydrogen (secondary N) is 2. The van der Waals surface area contributed by atoms with Crippen LogP contribution in [-0.4, -0.2) is 52.0 Å². The number of imidazole rings is 1. The van der Waals surface area contributed by atoms with Crippen LogP contribution in [0.5, 0.6) is 5.75 Å². The van der Waals surface area contributed by atoms with Crippen LogP contribution in [0.3, 0.4) is 0 Å². The number of hydrogen-bond acceptors (Lipinski definition) is 6. The fourth-order valence-electron chi connectivity index (χ4n) is 3.67. The van der Waals surface area contributed by atoms with Crippen LogP contribution < -0.4 is 15.4 Å². The summed E-state index contributed by atoms with van der Waals surface area (Å²) in [6, 6.07) is 5.60. The number of rotatable bonds is 5. The summed E-state index contributed by atoms with van der Waals surface area (Å²) in [4.78, 5) is 9.24. The molecule has 0 unspecified atom stereocenters. The Morgan fingerprint density at radius 1 is 1.29 bits per heavy atom. The van der Waals surface area contributed by atoms with Gasteiger partial charge in [-0.25, -0.2) is 18.9 Å². The standard InChI is InChI=1S/C20H23FN6O/c1-11-3-6-14(24-20(11)25-15-9-22-8-13(15)21)16-10-23-18-7-17(28-2)19(12-4-5-12)26-27(16)18/h3,6-7,10,12-13,15,22H,4-5,8-9H2,1-2H3,(H,24,25)/t13-,15-/m1/s1. The fraction of sp³-hybridized carbons (Fsp3) is 0.450. The van der Waals surface area contributed by atoms with Crippen molar-refractivity contribution in [3.8, 4) is 17.1 Å². The molecule has 2 N–H and O–H groups in total. The first kappa shape index (κ1) is 17.4. The summed E-state index contributed by atoms with van der Waals surface area (Å²) in [6.45, 7) is 2.94. The minimum Gasteiger partial charge on any atom is -0.495 e. The highest BCUT2D eigenvalue weighted by Gasteiger charge is 2.30. The summed E-state index contributed by atoms with van der Waals surface area (Å²) in [5.41, 5.74) is 4.23. The molecule has 4 heterocycles. The van der Waals surface area contributed by atoms with Crippen LogP contribution in [0.1, 0.15) is 30.0 Å². The predicted molar refractivity (Wildman–Crippen MR) is 105 cm³/mol. The van der Waals surface area contributed by atoms with Gasteiger partial charge in [0.1, 0.15) is 29.1 Å². The van der Waals surface area contributed by atoms with Crippen LogP contribution in [0.4, 0.5) is 10.2 Å². The molecule has 0 bridgehead atoms. The highest BCUT2D eigenvalue weighted by atomic mass is 19.1. The van der Waals surface area contributed by atoms with Crippen molar-refractivity contribution in [2.45, 2.75) is 37.9 Å². The first-order valence-corrected chi connectivity index (χ1v) is 9.66. The third-order valence-corrected chi connectivity index (χ3v) is 5.49. The summed E-state index contributed by atoms with van der Waals surface area (Å²) >= 11 is 0. The van der Waals surface area contributed by atoms with Gasteiger partial charge in [-0.15, -0.1) is 0 Å². The molecular formula is C20H23FN6O.